The average Bonchev–Trinajstić information content (AvgIpc) is 2.87. The number of rotatable bonds is 5. The Labute approximate surface area is 121 Å². The number of sulfonamides is 1. The minimum absolute atomic E-state index is 0.155. The van der Waals surface area contributed by atoms with Gasteiger partial charge in [-0.2, -0.15) is 0 Å². The number of nitrogens with two attached hydrogens (primary N) is 1. The summed E-state index contributed by atoms with van der Waals surface area (Å²) < 4.78 is 26.8. The van der Waals surface area contributed by atoms with Crippen LogP contribution in [0.25, 0.3) is 0 Å². The molecule has 1 aromatic heterocycles. The van der Waals surface area contributed by atoms with Gasteiger partial charge >= 0.3 is 0 Å². The molecule has 0 aliphatic heterocycles. The maximum absolute atomic E-state index is 12.2. The Hall–Kier alpha value is -0.920. The molecule has 4 nitrogen and oxygen atoms in total. The van der Waals surface area contributed by atoms with Crippen LogP contribution in [0.3, 0.4) is 0 Å². The van der Waals surface area contributed by atoms with E-state index in [4.69, 9.17) is 17.3 Å². The zero-order chi connectivity index (χ0) is 13.9. The van der Waals surface area contributed by atoms with Crippen LogP contribution in [0.1, 0.15) is 10.4 Å². The van der Waals surface area contributed by atoms with Gasteiger partial charge in [0, 0.05) is 23.0 Å². The van der Waals surface area contributed by atoms with Gasteiger partial charge in [0.1, 0.15) is 0 Å². The van der Waals surface area contributed by atoms with Gasteiger partial charge in [-0.3, -0.25) is 0 Å². The Balaban J connectivity index is 2.17. The second-order valence-electron chi connectivity index (χ2n) is 3.83. The lowest BCUT2D eigenvalue weighted by atomic mass is 10.2. The summed E-state index contributed by atoms with van der Waals surface area (Å²) in [5, 5.41) is 2.25. The van der Waals surface area contributed by atoms with E-state index in [-0.39, 0.29) is 18.0 Å². The van der Waals surface area contributed by atoms with E-state index in [1.807, 2.05) is 6.07 Å². The number of halogens is 1. The van der Waals surface area contributed by atoms with Crippen molar-refractivity contribution in [3.63, 3.8) is 0 Å². The molecule has 0 spiro atoms. The van der Waals surface area contributed by atoms with Crippen molar-refractivity contribution in [3.8, 4) is 0 Å². The van der Waals surface area contributed by atoms with Gasteiger partial charge < -0.3 is 5.73 Å². The van der Waals surface area contributed by atoms with Gasteiger partial charge in [-0.15, -0.1) is 11.3 Å². The van der Waals surface area contributed by atoms with Crippen LogP contribution in [-0.4, -0.2) is 8.42 Å². The molecule has 0 radical (unpaired) electrons. The maximum atomic E-state index is 12.2. The van der Waals surface area contributed by atoms with E-state index < -0.39 is 10.0 Å². The summed E-state index contributed by atoms with van der Waals surface area (Å²) in [6.07, 6.45) is 0. The largest absolute Gasteiger partial charge is 0.326 e. The van der Waals surface area contributed by atoms with E-state index in [0.717, 1.165) is 5.56 Å². The zero-order valence-corrected chi connectivity index (χ0v) is 12.4. The summed E-state index contributed by atoms with van der Waals surface area (Å²) in [6, 6.07) is 8.67. The highest BCUT2D eigenvalue weighted by molar-refractivity contribution is 7.89. The minimum Gasteiger partial charge on any atom is -0.326 e. The summed E-state index contributed by atoms with van der Waals surface area (Å²) in [7, 11) is -3.55. The molecule has 1 aromatic carbocycles. The third-order valence-electron chi connectivity index (χ3n) is 2.59. The average molecular weight is 317 g/mol. The molecule has 0 aliphatic carbocycles. The van der Waals surface area contributed by atoms with Crippen LogP contribution in [0, 0.1) is 0 Å². The molecule has 3 N–H and O–H groups in total. The predicted molar refractivity (Wildman–Crippen MR) is 77.7 cm³/mol. The van der Waals surface area contributed by atoms with Gasteiger partial charge in [-0.25, -0.2) is 13.1 Å². The first-order valence-corrected chi connectivity index (χ1v) is 8.28. The molecular formula is C12H13ClN2O2S2. The molecule has 0 unspecified atom stereocenters. The Morgan fingerprint density at radius 1 is 1.26 bits per heavy atom. The molecule has 0 amide bonds. The molecule has 0 atom stereocenters. The van der Waals surface area contributed by atoms with Crippen LogP contribution in [-0.2, 0) is 23.1 Å². The Kier molecular flexibility index (Phi) is 4.59. The summed E-state index contributed by atoms with van der Waals surface area (Å²) in [5.74, 6) is 0. The number of hydrogen-bond donors (Lipinski definition) is 2. The van der Waals surface area contributed by atoms with E-state index in [1.54, 1.807) is 29.6 Å². The first-order chi connectivity index (χ1) is 9.04. The SMILES string of the molecule is NCc1sccc1S(=O)(=O)NCc1ccccc1Cl. The van der Waals surface area contributed by atoms with Gasteiger partial charge in [-0.1, -0.05) is 29.8 Å². The summed E-state index contributed by atoms with van der Waals surface area (Å²) in [5.41, 5.74) is 6.25. The molecule has 0 fully saturated rings. The van der Waals surface area contributed by atoms with Gasteiger partial charge in [0.15, 0.2) is 0 Å². The van der Waals surface area contributed by atoms with Gasteiger partial charge in [0.25, 0.3) is 0 Å². The summed E-state index contributed by atoms with van der Waals surface area (Å²) in [6.45, 7) is 0.363. The van der Waals surface area contributed by atoms with Crippen molar-refractivity contribution in [2.75, 3.05) is 0 Å². The molecule has 0 saturated carbocycles. The van der Waals surface area contributed by atoms with Crippen LogP contribution < -0.4 is 10.5 Å². The fourth-order valence-corrected chi connectivity index (χ4v) is 4.15. The Bertz CT molecular complexity index is 668. The predicted octanol–water partition coefficient (Wildman–Crippen LogP) is 2.34. The first-order valence-electron chi connectivity index (χ1n) is 5.54. The normalized spacial score (nSPS) is 11.7. The van der Waals surface area contributed by atoms with Gasteiger partial charge in [-0.05, 0) is 23.1 Å². The zero-order valence-electron chi connectivity index (χ0n) is 9.97. The van der Waals surface area contributed by atoms with Crippen molar-refractivity contribution in [1.29, 1.82) is 0 Å². The molecule has 1 heterocycles. The van der Waals surface area contributed by atoms with E-state index in [2.05, 4.69) is 4.72 Å². The highest BCUT2D eigenvalue weighted by Gasteiger charge is 2.18. The Morgan fingerprint density at radius 3 is 2.68 bits per heavy atom. The first kappa shape index (κ1) is 14.5. The molecule has 2 aromatic rings. The van der Waals surface area contributed by atoms with Gasteiger partial charge in [0.05, 0.1) is 4.90 Å². The topological polar surface area (TPSA) is 72.2 Å². The van der Waals surface area contributed by atoms with Crippen molar-refractivity contribution in [2.45, 2.75) is 18.0 Å². The lowest BCUT2D eigenvalue weighted by Crippen LogP contribution is -2.24. The summed E-state index contributed by atoms with van der Waals surface area (Å²) >= 11 is 7.31. The number of nitrogens with one attached hydrogen (secondary N) is 1. The van der Waals surface area contributed by atoms with Crippen LogP contribution in [0.15, 0.2) is 40.6 Å². The summed E-state index contributed by atoms with van der Waals surface area (Å²) in [4.78, 5) is 0.888. The van der Waals surface area contributed by atoms with E-state index >= 15 is 0 Å². The smallest absolute Gasteiger partial charge is 0.242 e. The highest BCUT2D eigenvalue weighted by atomic mass is 35.5. The standard InChI is InChI=1S/C12H13ClN2O2S2/c13-10-4-2-1-3-9(10)8-15-19(16,17)12-5-6-18-11(12)7-14/h1-6,15H,7-8,14H2. The lowest BCUT2D eigenvalue weighted by molar-refractivity contribution is 0.580. The molecule has 2 rings (SSSR count). The molecule has 19 heavy (non-hydrogen) atoms. The minimum atomic E-state index is -3.55. The van der Waals surface area contributed by atoms with Crippen LogP contribution in [0.2, 0.25) is 5.02 Å². The number of hydrogen-bond acceptors (Lipinski definition) is 4. The third-order valence-corrected chi connectivity index (χ3v) is 5.52. The maximum Gasteiger partial charge on any atom is 0.242 e. The van der Waals surface area contributed by atoms with Crippen molar-refractivity contribution >= 4 is 33.0 Å². The fraction of sp³-hybridized carbons (Fsp3) is 0.167. The van der Waals surface area contributed by atoms with Crippen molar-refractivity contribution in [2.24, 2.45) is 5.73 Å². The van der Waals surface area contributed by atoms with Crippen molar-refractivity contribution in [1.82, 2.24) is 4.72 Å². The molecule has 0 aliphatic rings. The van der Waals surface area contributed by atoms with Crippen LogP contribution in [0.4, 0.5) is 0 Å². The van der Waals surface area contributed by atoms with E-state index in [0.29, 0.717) is 9.90 Å². The molecule has 0 saturated heterocycles. The van der Waals surface area contributed by atoms with Crippen LogP contribution in [0.5, 0.6) is 0 Å². The molecule has 7 heteroatoms. The van der Waals surface area contributed by atoms with Gasteiger partial charge in [0.2, 0.25) is 10.0 Å². The van der Waals surface area contributed by atoms with Crippen molar-refractivity contribution in [3.05, 3.63) is 51.2 Å². The third kappa shape index (κ3) is 3.34. The fourth-order valence-electron chi connectivity index (χ4n) is 1.61. The number of thiophene rings is 1. The second kappa shape index (κ2) is 6.02. The van der Waals surface area contributed by atoms with E-state index in [1.165, 1.54) is 11.3 Å². The molecular weight excluding hydrogens is 304 g/mol. The number of benzene rings is 1. The molecule has 102 valence electrons. The molecule has 0 bridgehead atoms. The Morgan fingerprint density at radius 2 is 2.00 bits per heavy atom. The monoisotopic (exact) mass is 316 g/mol. The lowest BCUT2D eigenvalue weighted by Gasteiger charge is -2.08. The quantitative estimate of drug-likeness (QED) is 0.889. The highest BCUT2D eigenvalue weighted by Crippen LogP contribution is 2.22. The van der Waals surface area contributed by atoms with Crippen LogP contribution >= 0.6 is 22.9 Å². The van der Waals surface area contributed by atoms with E-state index in [9.17, 15) is 8.42 Å². The van der Waals surface area contributed by atoms with Crippen molar-refractivity contribution < 1.29 is 8.42 Å². The second-order valence-corrected chi connectivity index (χ2v) is 6.97.